The SMILES string of the molecule is CN(C1=CC(=O)c2cnc3c(c2C1=O)C(=O)CCC3)c1ccccc1. The summed E-state index contributed by atoms with van der Waals surface area (Å²) in [6, 6.07) is 9.34. The summed E-state index contributed by atoms with van der Waals surface area (Å²) in [5, 5.41) is 0. The minimum absolute atomic E-state index is 0.102. The molecular weight excluding hydrogens is 316 g/mol. The zero-order valence-corrected chi connectivity index (χ0v) is 13.8. The van der Waals surface area contributed by atoms with E-state index in [1.165, 1.54) is 12.3 Å². The molecule has 2 aliphatic carbocycles. The highest BCUT2D eigenvalue weighted by molar-refractivity contribution is 6.28. The molecule has 25 heavy (non-hydrogen) atoms. The van der Waals surface area contributed by atoms with Crippen LogP contribution < -0.4 is 4.90 Å². The quantitative estimate of drug-likeness (QED) is 0.846. The number of Topliss-reactive ketones (excluding diaryl/α,β-unsaturated/α-hetero) is 2. The Bertz CT molecular complexity index is 945. The van der Waals surface area contributed by atoms with Crippen molar-refractivity contribution < 1.29 is 14.4 Å². The van der Waals surface area contributed by atoms with Crippen LogP contribution in [0.25, 0.3) is 0 Å². The Balaban J connectivity index is 1.86. The lowest BCUT2D eigenvalue weighted by molar-refractivity contribution is 0.0948. The van der Waals surface area contributed by atoms with Gasteiger partial charge in [0, 0.05) is 37.0 Å². The van der Waals surface area contributed by atoms with Crippen molar-refractivity contribution in [3.8, 4) is 0 Å². The molecule has 0 amide bonds. The lowest BCUT2D eigenvalue weighted by Gasteiger charge is -2.27. The Morgan fingerprint density at radius 2 is 1.76 bits per heavy atom. The summed E-state index contributed by atoms with van der Waals surface area (Å²) in [5.41, 5.74) is 2.49. The van der Waals surface area contributed by atoms with E-state index in [4.69, 9.17) is 0 Å². The fraction of sp³-hybridized carbons (Fsp3) is 0.200. The van der Waals surface area contributed by atoms with Crippen LogP contribution in [0.15, 0.2) is 48.3 Å². The van der Waals surface area contributed by atoms with Gasteiger partial charge < -0.3 is 4.90 Å². The summed E-state index contributed by atoms with van der Waals surface area (Å²) < 4.78 is 0. The van der Waals surface area contributed by atoms with Gasteiger partial charge in [0.15, 0.2) is 11.6 Å². The molecule has 2 aliphatic rings. The number of benzene rings is 1. The number of aryl methyl sites for hydroxylation is 1. The van der Waals surface area contributed by atoms with Crippen LogP contribution in [-0.4, -0.2) is 29.4 Å². The van der Waals surface area contributed by atoms with Crippen molar-refractivity contribution in [1.82, 2.24) is 4.98 Å². The zero-order chi connectivity index (χ0) is 17.6. The first kappa shape index (κ1) is 15.4. The highest BCUT2D eigenvalue weighted by atomic mass is 16.1. The smallest absolute Gasteiger partial charge is 0.211 e. The Labute approximate surface area is 145 Å². The monoisotopic (exact) mass is 332 g/mol. The highest BCUT2D eigenvalue weighted by Crippen LogP contribution is 2.32. The van der Waals surface area contributed by atoms with Crippen molar-refractivity contribution in [2.24, 2.45) is 0 Å². The molecule has 0 aliphatic heterocycles. The van der Waals surface area contributed by atoms with E-state index in [2.05, 4.69) is 4.98 Å². The maximum atomic E-state index is 13.2. The Hall–Kier alpha value is -3.08. The first-order valence-electron chi connectivity index (χ1n) is 8.22. The standard InChI is InChI=1S/C20H16N2O3/c1-22(12-6-3-2-4-7-12)15-10-17(24)13-11-21-14-8-5-9-16(23)19(14)18(13)20(15)25/h2-4,6-7,10-11H,5,8-9H2,1H3. The Morgan fingerprint density at radius 3 is 2.52 bits per heavy atom. The molecule has 0 fully saturated rings. The molecule has 0 bridgehead atoms. The second kappa shape index (κ2) is 5.77. The second-order valence-electron chi connectivity index (χ2n) is 6.26. The number of para-hydroxylation sites is 1. The van der Waals surface area contributed by atoms with E-state index in [1.807, 2.05) is 30.3 Å². The molecular formula is C20H16N2O3. The average Bonchev–Trinajstić information content (AvgIpc) is 2.64. The van der Waals surface area contributed by atoms with Gasteiger partial charge in [-0.05, 0) is 25.0 Å². The van der Waals surface area contributed by atoms with Crippen LogP contribution in [0.1, 0.15) is 49.6 Å². The number of carbonyl (C=O) groups excluding carboxylic acids is 3. The highest BCUT2D eigenvalue weighted by Gasteiger charge is 2.35. The number of carbonyl (C=O) groups is 3. The van der Waals surface area contributed by atoms with E-state index in [9.17, 15) is 14.4 Å². The Morgan fingerprint density at radius 1 is 1.00 bits per heavy atom. The van der Waals surface area contributed by atoms with Gasteiger partial charge in [0.05, 0.1) is 22.5 Å². The molecule has 0 spiro atoms. The molecule has 0 atom stereocenters. The third-order valence-corrected chi connectivity index (χ3v) is 4.75. The molecule has 124 valence electrons. The molecule has 5 nitrogen and oxygen atoms in total. The van der Waals surface area contributed by atoms with Gasteiger partial charge >= 0.3 is 0 Å². The number of ketones is 3. The predicted octanol–water partition coefficient (Wildman–Crippen LogP) is 3.00. The zero-order valence-electron chi connectivity index (χ0n) is 13.8. The number of hydrogen-bond donors (Lipinski definition) is 0. The maximum Gasteiger partial charge on any atom is 0.211 e. The molecule has 2 aromatic rings. The van der Waals surface area contributed by atoms with E-state index in [1.54, 1.807) is 11.9 Å². The minimum atomic E-state index is -0.296. The van der Waals surface area contributed by atoms with Gasteiger partial charge in [0.25, 0.3) is 0 Å². The van der Waals surface area contributed by atoms with Crippen molar-refractivity contribution in [1.29, 1.82) is 0 Å². The van der Waals surface area contributed by atoms with Crippen LogP contribution in [0.2, 0.25) is 0 Å². The number of aromatic nitrogens is 1. The van der Waals surface area contributed by atoms with E-state index in [0.29, 0.717) is 24.1 Å². The number of rotatable bonds is 2. The fourth-order valence-electron chi connectivity index (χ4n) is 3.44. The Kier molecular flexibility index (Phi) is 3.57. The van der Waals surface area contributed by atoms with Gasteiger partial charge in [-0.25, -0.2) is 0 Å². The van der Waals surface area contributed by atoms with Crippen molar-refractivity contribution >= 4 is 23.0 Å². The van der Waals surface area contributed by atoms with Crippen molar-refractivity contribution in [3.05, 3.63) is 70.7 Å². The lowest BCUT2D eigenvalue weighted by atomic mass is 9.83. The number of pyridine rings is 1. The summed E-state index contributed by atoms with van der Waals surface area (Å²) in [6.45, 7) is 0. The van der Waals surface area contributed by atoms with E-state index in [-0.39, 0.29) is 34.2 Å². The second-order valence-corrected chi connectivity index (χ2v) is 6.26. The molecule has 4 rings (SSSR count). The van der Waals surface area contributed by atoms with Crippen molar-refractivity contribution in [3.63, 3.8) is 0 Å². The van der Waals surface area contributed by atoms with Crippen LogP contribution in [0.3, 0.4) is 0 Å². The normalized spacial score (nSPS) is 16.2. The molecule has 1 aromatic carbocycles. The molecule has 0 saturated carbocycles. The first-order valence-corrected chi connectivity index (χ1v) is 8.22. The van der Waals surface area contributed by atoms with Gasteiger partial charge in [-0.15, -0.1) is 0 Å². The van der Waals surface area contributed by atoms with Crippen molar-refractivity contribution in [2.75, 3.05) is 11.9 Å². The van der Waals surface area contributed by atoms with Gasteiger partial charge in [0.1, 0.15) is 0 Å². The molecule has 0 N–H and O–H groups in total. The third kappa shape index (κ3) is 2.39. The largest absolute Gasteiger partial charge is 0.341 e. The summed E-state index contributed by atoms with van der Waals surface area (Å²) in [7, 11) is 1.74. The van der Waals surface area contributed by atoms with Crippen LogP contribution in [0.4, 0.5) is 5.69 Å². The van der Waals surface area contributed by atoms with E-state index < -0.39 is 0 Å². The van der Waals surface area contributed by atoms with Crippen LogP contribution >= 0.6 is 0 Å². The minimum Gasteiger partial charge on any atom is -0.341 e. The van der Waals surface area contributed by atoms with Crippen LogP contribution in [-0.2, 0) is 6.42 Å². The van der Waals surface area contributed by atoms with Gasteiger partial charge in [-0.3, -0.25) is 19.4 Å². The average molecular weight is 332 g/mol. The molecule has 0 saturated heterocycles. The topological polar surface area (TPSA) is 67.3 Å². The number of anilines is 1. The van der Waals surface area contributed by atoms with Gasteiger partial charge in [-0.1, -0.05) is 18.2 Å². The lowest BCUT2D eigenvalue weighted by Crippen LogP contribution is -2.31. The molecule has 0 radical (unpaired) electrons. The molecule has 0 unspecified atom stereocenters. The fourth-order valence-corrected chi connectivity index (χ4v) is 3.44. The van der Waals surface area contributed by atoms with E-state index >= 15 is 0 Å². The number of likely N-dealkylation sites (N-methyl/N-ethyl adjacent to an activating group) is 1. The number of fused-ring (bicyclic) bond motifs is 3. The summed E-state index contributed by atoms with van der Waals surface area (Å²) in [6.07, 6.45) is 4.54. The molecule has 5 heteroatoms. The molecule has 1 aromatic heterocycles. The number of nitrogens with zero attached hydrogens (tertiary/aromatic N) is 2. The van der Waals surface area contributed by atoms with Gasteiger partial charge in [-0.2, -0.15) is 0 Å². The van der Waals surface area contributed by atoms with Crippen molar-refractivity contribution in [2.45, 2.75) is 19.3 Å². The first-order chi connectivity index (χ1) is 12.1. The predicted molar refractivity (Wildman–Crippen MR) is 93.1 cm³/mol. The summed E-state index contributed by atoms with van der Waals surface area (Å²) in [5.74, 6) is -0.689. The van der Waals surface area contributed by atoms with Crippen LogP contribution in [0.5, 0.6) is 0 Å². The number of hydrogen-bond acceptors (Lipinski definition) is 5. The summed E-state index contributed by atoms with van der Waals surface area (Å²) >= 11 is 0. The third-order valence-electron chi connectivity index (χ3n) is 4.75. The van der Waals surface area contributed by atoms with Gasteiger partial charge in [0.2, 0.25) is 5.78 Å². The number of allylic oxidation sites excluding steroid dienone is 2. The summed E-state index contributed by atoms with van der Waals surface area (Å²) in [4.78, 5) is 44.1. The van der Waals surface area contributed by atoms with E-state index in [0.717, 1.165) is 12.1 Å². The van der Waals surface area contributed by atoms with Crippen LogP contribution in [0, 0.1) is 0 Å². The maximum absolute atomic E-state index is 13.2. The molecule has 1 heterocycles.